The lowest BCUT2D eigenvalue weighted by molar-refractivity contribution is 0.101. The maximum Gasteiger partial charge on any atom is 0.275 e. The van der Waals surface area contributed by atoms with E-state index in [-0.39, 0.29) is 5.91 Å². The van der Waals surface area contributed by atoms with Crippen molar-refractivity contribution in [2.75, 3.05) is 5.32 Å². The number of carbonyl (C=O) groups excluding carboxylic acids is 1. The molecule has 2 aromatic heterocycles. The molecule has 2 heterocycles. The molecule has 21 heavy (non-hydrogen) atoms. The molecule has 6 heteroatoms. The van der Waals surface area contributed by atoms with E-state index in [2.05, 4.69) is 28.4 Å². The van der Waals surface area contributed by atoms with Crippen molar-refractivity contribution >= 4 is 32.6 Å². The van der Waals surface area contributed by atoms with Gasteiger partial charge in [0.2, 0.25) is 0 Å². The third-order valence-corrected chi connectivity index (χ3v) is 4.41. The number of rotatable bonds is 3. The molecular weight excluding hydrogens is 284 g/mol. The lowest BCUT2D eigenvalue weighted by Crippen LogP contribution is -2.17. The molecule has 108 valence electrons. The molecule has 0 unspecified atom stereocenters. The SMILES string of the molecule is CCn1nccc1C(=O)Nc1nc2cc(C)cc(C)c2s1. The third-order valence-electron chi connectivity index (χ3n) is 3.29. The number of nitrogens with one attached hydrogen (secondary N) is 1. The van der Waals surface area contributed by atoms with Crippen LogP contribution in [-0.2, 0) is 6.54 Å². The van der Waals surface area contributed by atoms with Gasteiger partial charge in [0.05, 0.1) is 10.2 Å². The fourth-order valence-corrected chi connectivity index (χ4v) is 3.28. The Bertz CT molecular complexity index is 818. The average molecular weight is 300 g/mol. The lowest BCUT2D eigenvalue weighted by Gasteiger charge is -2.03. The Morgan fingerprint density at radius 2 is 2.19 bits per heavy atom. The molecule has 3 aromatic rings. The second-order valence-corrected chi connectivity index (χ2v) is 5.93. The van der Waals surface area contributed by atoms with Crippen molar-refractivity contribution in [3.8, 4) is 0 Å². The molecule has 1 amide bonds. The Labute approximate surface area is 126 Å². The van der Waals surface area contributed by atoms with Crippen molar-refractivity contribution in [3.63, 3.8) is 0 Å². The fourth-order valence-electron chi connectivity index (χ4n) is 2.37. The van der Waals surface area contributed by atoms with Crippen LogP contribution < -0.4 is 5.32 Å². The molecule has 0 spiro atoms. The summed E-state index contributed by atoms with van der Waals surface area (Å²) in [5.41, 5.74) is 3.83. The summed E-state index contributed by atoms with van der Waals surface area (Å²) in [5.74, 6) is -0.178. The summed E-state index contributed by atoms with van der Waals surface area (Å²) >= 11 is 1.50. The zero-order valence-electron chi connectivity index (χ0n) is 12.2. The van der Waals surface area contributed by atoms with Gasteiger partial charge in [-0.1, -0.05) is 17.4 Å². The minimum atomic E-state index is -0.178. The van der Waals surface area contributed by atoms with Gasteiger partial charge in [0, 0.05) is 12.7 Å². The Morgan fingerprint density at radius 1 is 1.38 bits per heavy atom. The van der Waals surface area contributed by atoms with Gasteiger partial charge in [-0.15, -0.1) is 0 Å². The summed E-state index contributed by atoms with van der Waals surface area (Å²) in [5, 5.41) is 7.59. The monoisotopic (exact) mass is 300 g/mol. The first kappa shape index (κ1) is 13.8. The molecule has 1 N–H and O–H groups in total. The highest BCUT2D eigenvalue weighted by Gasteiger charge is 2.14. The maximum atomic E-state index is 12.3. The number of aromatic nitrogens is 3. The normalized spacial score (nSPS) is 11.0. The van der Waals surface area contributed by atoms with Crippen LogP contribution in [0.25, 0.3) is 10.2 Å². The Hall–Kier alpha value is -2.21. The van der Waals surface area contributed by atoms with Crippen LogP contribution >= 0.6 is 11.3 Å². The topological polar surface area (TPSA) is 59.8 Å². The van der Waals surface area contributed by atoms with Gasteiger partial charge in [-0.2, -0.15) is 5.10 Å². The standard InChI is InChI=1S/C15H16N4OS/c1-4-19-12(5-6-16-19)14(20)18-15-17-11-8-9(2)7-10(3)13(11)21-15/h5-8H,4H2,1-3H3,(H,17,18,20). The van der Waals surface area contributed by atoms with E-state index in [1.165, 1.54) is 22.5 Å². The maximum absolute atomic E-state index is 12.3. The molecule has 0 fully saturated rings. The molecule has 3 rings (SSSR count). The van der Waals surface area contributed by atoms with Crippen molar-refractivity contribution in [2.45, 2.75) is 27.3 Å². The lowest BCUT2D eigenvalue weighted by atomic mass is 10.1. The van der Waals surface area contributed by atoms with E-state index < -0.39 is 0 Å². The van der Waals surface area contributed by atoms with Gasteiger partial charge in [0.1, 0.15) is 5.69 Å². The minimum Gasteiger partial charge on any atom is -0.296 e. The Morgan fingerprint density at radius 3 is 2.95 bits per heavy atom. The van der Waals surface area contributed by atoms with E-state index in [0.29, 0.717) is 17.4 Å². The molecule has 1 aromatic carbocycles. The molecule has 0 aliphatic heterocycles. The van der Waals surface area contributed by atoms with Crippen molar-refractivity contribution in [2.24, 2.45) is 0 Å². The van der Waals surface area contributed by atoms with E-state index >= 15 is 0 Å². The predicted octanol–water partition coefficient (Wildman–Crippen LogP) is 3.38. The van der Waals surface area contributed by atoms with Crippen LogP contribution in [0.3, 0.4) is 0 Å². The predicted molar refractivity (Wildman–Crippen MR) is 84.9 cm³/mol. The molecule has 0 saturated heterocycles. The number of aryl methyl sites for hydroxylation is 3. The number of benzene rings is 1. The number of carbonyl (C=O) groups is 1. The molecule has 0 atom stereocenters. The number of hydrogen-bond donors (Lipinski definition) is 1. The Balaban J connectivity index is 1.92. The van der Waals surface area contributed by atoms with Gasteiger partial charge >= 0.3 is 0 Å². The summed E-state index contributed by atoms with van der Waals surface area (Å²) in [7, 11) is 0. The number of anilines is 1. The van der Waals surface area contributed by atoms with Crippen molar-refractivity contribution in [3.05, 3.63) is 41.2 Å². The molecule has 5 nitrogen and oxygen atoms in total. The van der Waals surface area contributed by atoms with Gasteiger partial charge in [-0.25, -0.2) is 4.98 Å². The first-order valence-corrected chi connectivity index (χ1v) is 7.61. The molecule has 0 radical (unpaired) electrons. The van der Waals surface area contributed by atoms with E-state index in [0.717, 1.165) is 10.2 Å². The number of nitrogens with zero attached hydrogens (tertiary/aromatic N) is 3. The summed E-state index contributed by atoms with van der Waals surface area (Å²) in [6, 6.07) is 5.87. The van der Waals surface area contributed by atoms with Crippen molar-refractivity contribution in [1.29, 1.82) is 0 Å². The summed E-state index contributed by atoms with van der Waals surface area (Å²) in [6.45, 7) is 6.72. The van der Waals surface area contributed by atoms with Gasteiger partial charge in [0.15, 0.2) is 5.13 Å². The molecule has 0 aliphatic rings. The summed E-state index contributed by atoms with van der Waals surface area (Å²) in [4.78, 5) is 16.8. The fraction of sp³-hybridized carbons (Fsp3) is 0.267. The van der Waals surface area contributed by atoms with E-state index in [4.69, 9.17) is 0 Å². The third kappa shape index (κ3) is 2.54. The van der Waals surface area contributed by atoms with Crippen LogP contribution in [0.5, 0.6) is 0 Å². The average Bonchev–Trinajstić information content (AvgIpc) is 3.04. The zero-order valence-corrected chi connectivity index (χ0v) is 13.0. The van der Waals surface area contributed by atoms with Crippen LogP contribution in [0.4, 0.5) is 5.13 Å². The quantitative estimate of drug-likeness (QED) is 0.806. The van der Waals surface area contributed by atoms with Crippen LogP contribution in [-0.4, -0.2) is 20.7 Å². The van der Waals surface area contributed by atoms with E-state index in [1.54, 1.807) is 16.9 Å². The van der Waals surface area contributed by atoms with Gasteiger partial charge in [-0.05, 0) is 44.0 Å². The summed E-state index contributed by atoms with van der Waals surface area (Å²) in [6.07, 6.45) is 1.63. The van der Waals surface area contributed by atoms with Crippen molar-refractivity contribution in [1.82, 2.24) is 14.8 Å². The second-order valence-electron chi connectivity index (χ2n) is 4.94. The van der Waals surface area contributed by atoms with E-state index in [1.807, 2.05) is 19.9 Å². The molecule has 0 bridgehead atoms. The zero-order chi connectivity index (χ0) is 15.0. The molecular formula is C15H16N4OS. The highest BCUT2D eigenvalue weighted by Crippen LogP contribution is 2.29. The smallest absolute Gasteiger partial charge is 0.275 e. The largest absolute Gasteiger partial charge is 0.296 e. The second kappa shape index (κ2) is 5.29. The van der Waals surface area contributed by atoms with Crippen LogP contribution in [0, 0.1) is 13.8 Å². The van der Waals surface area contributed by atoms with Gasteiger partial charge in [0.25, 0.3) is 5.91 Å². The summed E-state index contributed by atoms with van der Waals surface area (Å²) < 4.78 is 2.78. The number of thiazole rings is 1. The van der Waals surface area contributed by atoms with Crippen LogP contribution in [0.2, 0.25) is 0 Å². The Kier molecular flexibility index (Phi) is 3.47. The minimum absolute atomic E-state index is 0.178. The first-order valence-electron chi connectivity index (χ1n) is 6.79. The molecule has 0 saturated carbocycles. The number of fused-ring (bicyclic) bond motifs is 1. The highest BCUT2D eigenvalue weighted by atomic mass is 32.1. The van der Waals surface area contributed by atoms with Crippen molar-refractivity contribution < 1.29 is 4.79 Å². The highest BCUT2D eigenvalue weighted by molar-refractivity contribution is 7.22. The number of amides is 1. The van der Waals surface area contributed by atoms with Crippen LogP contribution in [0.1, 0.15) is 28.5 Å². The van der Waals surface area contributed by atoms with Gasteiger partial charge < -0.3 is 0 Å². The van der Waals surface area contributed by atoms with E-state index in [9.17, 15) is 4.79 Å². The van der Waals surface area contributed by atoms with Crippen LogP contribution in [0.15, 0.2) is 24.4 Å². The molecule has 0 aliphatic carbocycles. The first-order chi connectivity index (χ1) is 10.1. The number of hydrogen-bond acceptors (Lipinski definition) is 4. The van der Waals surface area contributed by atoms with Gasteiger partial charge in [-0.3, -0.25) is 14.8 Å².